The van der Waals surface area contributed by atoms with Gasteiger partial charge in [-0.05, 0) is 50.0 Å². The van der Waals surface area contributed by atoms with Gasteiger partial charge in [0.05, 0.1) is 18.3 Å². The van der Waals surface area contributed by atoms with Crippen molar-refractivity contribution in [1.82, 2.24) is 5.32 Å². The fraction of sp³-hybridized carbons (Fsp3) is 1.00. The fourth-order valence-corrected chi connectivity index (χ4v) is 4.17. The molecule has 2 aliphatic rings. The third kappa shape index (κ3) is 3.96. The van der Waals surface area contributed by atoms with Crippen LogP contribution in [0.4, 0.5) is 0 Å². The second-order valence-corrected chi connectivity index (χ2v) is 7.71. The molecule has 0 aromatic carbocycles. The highest BCUT2D eigenvalue weighted by Gasteiger charge is 2.44. The molecule has 0 spiro atoms. The molecule has 0 aliphatic heterocycles. The summed E-state index contributed by atoms with van der Waals surface area (Å²) in [4.78, 5) is 0. The lowest BCUT2D eigenvalue weighted by atomic mass is 9.71. The minimum Gasteiger partial charge on any atom is -0.377 e. The van der Waals surface area contributed by atoms with E-state index in [-0.39, 0.29) is 6.10 Å². The molecule has 0 aromatic rings. The van der Waals surface area contributed by atoms with Gasteiger partial charge >= 0.3 is 0 Å². The molecule has 5 atom stereocenters. The first-order valence-corrected chi connectivity index (χ1v) is 8.37. The summed E-state index contributed by atoms with van der Waals surface area (Å²) < 4.78 is 12.0. The topological polar surface area (TPSA) is 30.5 Å². The second kappa shape index (κ2) is 6.76. The van der Waals surface area contributed by atoms with E-state index in [2.05, 4.69) is 33.0 Å². The molecule has 20 heavy (non-hydrogen) atoms. The monoisotopic (exact) mass is 283 g/mol. The Hall–Kier alpha value is -0.120. The number of nitrogens with one attached hydrogen (secondary N) is 1. The minimum atomic E-state index is 0.238. The molecule has 0 heterocycles. The third-order valence-electron chi connectivity index (χ3n) is 4.89. The Bertz CT molecular complexity index is 305. The molecule has 0 saturated heterocycles. The lowest BCUT2D eigenvalue weighted by Gasteiger charge is -2.47. The molecular weight excluding hydrogens is 250 g/mol. The first-order valence-electron chi connectivity index (χ1n) is 8.37. The summed E-state index contributed by atoms with van der Waals surface area (Å²) in [5.41, 5.74) is 0.425. The van der Waals surface area contributed by atoms with E-state index in [1.165, 1.54) is 25.7 Å². The number of ether oxygens (including phenoxy) is 2. The quantitative estimate of drug-likeness (QED) is 0.810. The van der Waals surface area contributed by atoms with Crippen molar-refractivity contribution in [1.29, 1.82) is 0 Å². The first-order chi connectivity index (χ1) is 9.45. The number of rotatable bonds is 6. The zero-order chi connectivity index (χ0) is 14.8. The Kier molecular flexibility index (Phi) is 5.49. The van der Waals surface area contributed by atoms with Crippen molar-refractivity contribution in [3.63, 3.8) is 0 Å². The Morgan fingerprint density at radius 3 is 2.55 bits per heavy atom. The molecule has 0 radical (unpaired) electrons. The number of methoxy groups -OCH3 is 1. The van der Waals surface area contributed by atoms with Crippen LogP contribution in [0, 0.1) is 11.3 Å². The van der Waals surface area contributed by atoms with Crippen molar-refractivity contribution in [3.8, 4) is 0 Å². The van der Waals surface area contributed by atoms with Crippen molar-refractivity contribution >= 4 is 0 Å². The van der Waals surface area contributed by atoms with Gasteiger partial charge in [0.2, 0.25) is 0 Å². The van der Waals surface area contributed by atoms with Gasteiger partial charge in [-0.25, -0.2) is 0 Å². The van der Waals surface area contributed by atoms with Crippen LogP contribution in [0.3, 0.4) is 0 Å². The Labute approximate surface area is 124 Å². The second-order valence-electron chi connectivity index (χ2n) is 7.71. The van der Waals surface area contributed by atoms with Crippen LogP contribution in [0.15, 0.2) is 0 Å². The zero-order valence-corrected chi connectivity index (χ0v) is 13.9. The highest BCUT2D eigenvalue weighted by Crippen LogP contribution is 2.41. The largest absolute Gasteiger partial charge is 0.377 e. The van der Waals surface area contributed by atoms with Gasteiger partial charge in [0.15, 0.2) is 0 Å². The van der Waals surface area contributed by atoms with Crippen LogP contribution in [0.25, 0.3) is 0 Å². The molecule has 2 aliphatic carbocycles. The summed E-state index contributed by atoms with van der Waals surface area (Å²) in [6.07, 6.45) is 6.95. The van der Waals surface area contributed by atoms with Crippen molar-refractivity contribution in [3.05, 3.63) is 0 Å². The van der Waals surface area contributed by atoms with Gasteiger partial charge < -0.3 is 14.8 Å². The molecule has 3 heteroatoms. The predicted octanol–water partition coefficient (Wildman–Crippen LogP) is 3.37. The molecule has 3 nitrogen and oxygen atoms in total. The van der Waals surface area contributed by atoms with Crippen LogP contribution in [-0.4, -0.2) is 38.0 Å². The Morgan fingerprint density at radius 1 is 1.20 bits per heavy atom. The summed E-state index contributed by atoms with van der Waals surface area (Å²) in [7, 11) is 1.81. The van der Waals surface area contributed by atoms with Gasteiger partial charge in [0, 0.05) is 13.2 Å². The molecule has 0 aromatic heterocycles. The highest BCUT2D eigenvalue weighted by atomic mass is 16.5. The van der Waals surface area contributed by atoms with Crippen LogP contribution in [0.5, 0.6) is 0 Å². The smallest absolute Gasteiger partial charge is 0.0987 e. The summed E-state index contributed by atoms with van der Waals surface area (Å²) in [5, 5.41) is 3.56. The number of hydrogen-bond acceptors (Lipinski definition) is 3. The van der Waals surface area contributed by atoms with E-state index >= 15 is 0 Å². The highest BCUT2D eigenvalue weighted by molar-refractivity contribution is 4.98. The lowest BCUT2D eigenvalue weighted by molar-refractivity contribution is -0.172. The normalized spacial score (nSPS) is 40.4. The van der Waals surface area contributed by atoms with Gasteiger partial charge in [-0.3, -0.25) is 0 Å². The van der Waals surface area contributed by atoms with Gasteiger partial charge in [0.1, 0.15) is 0 Å². The van der Waals surface area contributed by atoms with E-state index < -0.39 is 0 Å². The van der Waals surface area contributed by atoms with E-state index in [1.54, 1.807) is 0 Å². The summed E-state index contributed by atoms with van der Waals surface area (Å²) in [5.74, 6) is 0.777. The molecule has 1 N–H and O–H groups in total. The van der Waals surface area contributed by atoms with Crippen molar-refractivity contribution in [2.75, 3.05) is 13.7 Å². The van der Waals surface area contributed by atoms with E-state index in [0.717, 1.165) is 18.9 Å². The summed E-state index contributed by atoms with van der Waals surface area (Å²) in [6, 6.07) is 0.485. The van der Waals surface area contributed by atoms with Crippen LogP contribution in [-0.2, 0) is 9.47 Å². The zero-order valence-electron chi connectivity index (χ0n) is 13.9. The first kappa shape index (κ1) is 16.3. The Balaban J connectivity index is 1.81. The lowest BCUT2D eigenvalue weighted by Crippen LogP contribution is -2.60. The fourth-order valence-electron chi connectivity index (χ4n) is 4.17. The van der Waals surface area contributed by atoms with Crippen LogP contribution >= 0.6 is 0 Å². The maximum atomic E-state index is 6.38. The predicted molar refractivity (Wildman–Crippen MR) is 83.0 cm³/mol. The van der Waals surface area contributed by atoms with Gasteiger partial charge in [-0.1, -0.05) is 27.7 Å². The number of hydrogen-bond donors (Lipinski definition) is 1. The van der Waals surface area contributed by atoms with Crippen molar-refractivity contribution in [2.45, 2.75) is 84.2 Å². The maximum absolute atomic E-state index is 6.38. The average Bonchev–Trinajstić information content (AvgIpc) is 2.30. The molecule has 2 saturated carbocycles. The molecular formula is C17H33NO2. The van der Waals surface area contributed by atoms with E-state index in [0.29, 0.717) is 23.7 Å². The minimum absolute atomic E-state index is 0.238. The van der Waals surface area contributed by atoms with Crippen LogP contribution in [0.1, 0.15) is 59.8 Å². The summed E-state index contributed by atoms with van der Waals surface area (Å²) in [6.45, 7) is 10.4. The van der Waals surface area contributed by atoms with Gasteiger partial charge in [-0.15, -0.1) is 0 Å². The van der Waals surface area contributed by atoms with Crippen molar-refractivity contribution in [2.24, 2.45) is 11.3 Å². The van der Waals surface area contributed by atoms with Crippen molar-refractivity contribution < 1.29 is 9.47 Å². The molecule has 2 fully saturated rings. The average molecular weight is 283 g/mol. The molecule has 5 unspecified atom stereocenters. The Morgan fingerprint density at radius 2 is 1.95 bits per heavy atom. The van der Waals surface area contributed by atoms with Crippen LogP contribution in [0.2, 0.25) is 0 Å². The maximum Gasteiger partial charge on any atom is 0.0987 e. The van der Waals surface area contributed by atoms with Crippen LogP contribution < -0.4 is 5.32 Å². The van der Waals surface area contributed by atoms with E-state index in [4.69, 9.17) is 9.47 Å². The van der Waals surface area contributed by atoms with E-state index in [9.17, 15) is 0 Å². The van der Waals surface area contributed by atoms with Gasteiger partial charge in [0.25, 0.3) is 0 Å². The standard InChI is InChI=1S/C17H33NO2/c1-6-7-18-14-9-15(16(14)19-5)20-13-8-12(2)10-17(3,4)11-13/h12-16,18H,6-11H2,1-5H3. The molecule has 0 bridgehead atoms. The van der Waals surface area contributed by atoms with Gasteiger partial charge in [-0.2, -0.15) is 0 Å². The summed E-state index contributed by atoms with van der Waals surface area (Å²) >= 11 is 0. The van der Waals surface area contributed by atoms with E-state index in [1.807, 2.05) is 7.11 Å². The SMILES string of the molecule is CCCNC1CC(OC2CC(C)CC(C)(C)C2)C1OC. The molecule has 118 valence electrons. The molecule has 0 amide bonds. The third-order valence-corrected chi connectivity index (χ3v) is 4.89. The molecule has 2 rings (SSSR count).